The van der Waals surface area contributed by atoms with E-state index in [4.69, 9.17) is 9.84 Å². The van der Waals surface area contributed by atoms with E-state index in [2.05, 4.69) is 40.9 Å². The topological polar surface area (TPSA) is 63.6 Å². The second-order valence-corrected chi connectivity index (χ2v) is 8.26. The highest BCUT2D eigenvalue weighted by Crippen LogP contribution is 2.69. The SMILES string of the molecule is C=C(C(=O)OCCCC)C1C[C@H]2CC[C@@]1(C)C2(C)C.C=C(C)C(=O)O. The molecule has 0 spiro atoms. The molecule has 0 saturated heterocycles. The summed E-state index contributed by atoms with van der Waals surface area (Å²) in [6.45, 7) is 18.4. The monoisotopic (exact) mass is 350 g/mol. The molecule has 25 heavy (non-hydrogen) atoms. The fourth-order valence-corrected chi connectivity index (χ4v) is 4.27. The minimum atomic E-state index is -0.935. The molecule has 3 atom stereocenters. The Morgan fingerprint density at radius 3 is 2.16 bits per heavy atom. The van der Waals surface area contributed by atoms with Gasteiger partial charge in [-0.1, -0.05) is 47.3 Å². The van der Waals surface area contributed by atoms with E-state index in [9.17, 15) is 9.59 Å². The average Bonchev–Trinajstić information content (AvgIpc) is 2.87. The molecule has 0 aromatic heterocycles. The Balaban J connectivity index is 0.000000450. The van der Waals surface area contributed by atoms with Gasteiger partial charge in [0.15, 0.2) is 0 Å². The molecule has 4 heteroatoms. The summed E-state index contributed by atoms with van der Waals surface area (Å²) < 4.78 is 5.34. The molecule has 0 radical (unpaired) electrons. The van der Waals surface area contributed by atoms with Crippen molar-refractivity contribution in [2.75, 3.05) is 6.61 Å². The third-order valence-corrected chi connectivity index (χ3v) is 6.57. The van der Waals surface area contributed by atoms with Gasteiger partial charge in [0.1, 0.15) is 0 Å². The Hall–Kier alpha value is -1.58. The summed E-state index contributed by atoms with van der Waals surface area (Å²) in [6.07, 6.45) is 5.63. The van der Waals surface area contributed by atoms with E-state index in [0.29, 0.717) is 23.5 Å². The Labute approximate surface area is 152 Å². The van der Waals surface area contributed by atoms with E-state index in [-0.39, 0.29) is 17.0 Å². The van der Waals surface area contributed by atoms with E-state index in [1.807, 2.05) is 0 Å². The predicted molar refractivity (Wildman–Crippen MR) is 100 cm³/mol. The fraction of sp³-hybridized carbons (Fsp3) is 0.714. The van der Waals surface area contributed by atoms with Crippen LogP contribution in [0.2, 0.25) is 0 Å². The summed E-state index contributed by atoms with van der Waals surface area (Å²) in [5.41, 5.74) is 1.44. The van der Waals surface area contributed by atoms with Crippen LogP contribution in [0.3, 0.4) is 0 Å². The number of esters is 1. The number of carboxylic acids is 1. The van der Waals surface area contributed by atoms with Crippen molar-refractivity contribution >= 4 is 11.9 Å². The van der Waals surface area contributed by atoms with Gasteiger partial charge in [0.05, 0.1) is 6.61 Å². The van der Waals surface area contributed by atoms with Gasteiger partial charge in [0.2, 0.25) is 0 Å². The summed E-state index contributed by atoms with van der Waals surface area (Å²) in [7, 11) is 0. The van der Waals surface area contributed by atoms with Crippen molar-refractivity contribution in [2.45, 2.75) is 66.7 Å². The van der Waals surface area contributed by atoms with Crippen molar-refractivity contribution in [2.24, 2.45) is 22.7 Å². The lowest BCUT2D eigenvalue weighted by Gasteiger charge is -2.39. The zero-order valence-electron chi connectivity index (χ0n) is 16.5. The average molecular weight is 350 g/mol. The third kappa shape index (κ3) is 4.34. The van der Waals surface area contributed by atoms with E-state index in [0.717, 1.165) is 25.2 Å². The van der Waals surface area contributed by atoms with Gasteiger partial charge in [-0.05, 0) is 55.3 Å². The first-order valence-electron chi connectivity index (χ1n) is 9.23. The number of carboxylic acid groups (broad SMARTS) is 1. The summed E-state index contributed by atoms with van der Waals surface area (Å²) in [6, 6.07) is 0. The zero-order chi connectivity index (χ0) is 19.4. The number of unbranched alkanes of at least 4 members (excludes halogenated alkanes) is 1. The minimum absolute atomic E-state index is 0.164. The molecular weight excluding hydrogens is 316 g/mol. The summed E-state index contributed by atoms with van der Waals surface area (Å²) in [5, 5.41) is 7.89. The number of carbonyl (C=O) groups excluding carboxylic acids is 1. The van der Waals surface area contributed by atoms with Crippen molar-refractivity contribution in [3.63, 3.8) is 0 Å². The number of carbonyl (C=O) groups is 2. The maximum Gasteiger partial charge on any atom is 0.333 e. The van der Waals surface area contributed by atoms with Crippen LogP contribution >= 0.6 is 0 Å². The van der Waals surface area contributed by atoms with Gasteiger partial charge in [0, 0.05) is 11.1 Å². The Morgan fingerprint density at radius 1 is 1.24 bits per heavy atom. The van der Waals surface area contributed by atoms with Crippen LogP contribution in [0.5, 0.6) is 0 Å². The molecule has 2 aliphatic rings. The standard InChI is InChI=1S/C17H28O2.C4H6O2/c1-6-7-10-19-15(18)12(2)14-11-13-8-9-17(14,5)16(13,3)4;1-3(2)4(5)6/h13-14H,2,6-11H2,1,3-5H3;1H2,2H3,(H,5,6)/t13-,14?,17-;/m1./s1. The normalized spacial score (nSPS) is 28.7. The molecule has 0 aromatic rings. The van der Waals surface area contributed by atoms with Crippen molar-refractivity contribution in [3.8, 4) is 0 Å². The Bertz CT molecular complexity index is 534. The lowest BCUT2D eigenvalue weighted by molar-refractivity contribution is -0.140. The van der Waals surface area contributed by atoms with Crippen LogP contribution in [0.4, 0.5) is 0 Å². The van der Waals surface area contributed by atoms with Gasteiger partial charge in [0.25, 0.3) is 0 Å². The molecular formula is C21H34O4. The number of hydrogen-bond acceptors (Lipinski definition) is 3. The Morgan fingerprint density at radius 2 is 1.80 bits per heavy atom. The lowest BCUT2D eigenvalue weighted by atomic mass is 9.65. The van der Waals surface area contributed by atoms with Crippen molar-refractivity contribution < 1.29 is 19.4 Å². The smallest absolute Gasteiger partial charge is 0.333 e. The van der Waals surface area contributed by atoms with Crippen molar-refractivity contribution in [3.05, 3.63) is 24.3 Å². The molecule has 0 aromatic carbocycles. The van der Waals surface area contributed by atoms with E-state index in [1.54, 1.807) is 0 Å². The molecule has 0 heterocycles. The number of hydrogen-bond donors (Lipinski definition) is 1. The zero-order valence-corrected chi connectivity index (χ0v) is 16.5. The molecule has 0 aliphatic heterocycles. The maximum absolute atomic E-state index is 12.1. The number of rotatable bonds is 6. The number of aliphatic carboxylic acids is 1. The molecule has 2 rings (SSSR count). The molecule has 2 saturated carbocycles. The number of ether oxygens (including phenoxy) is 1. The fourth-order valence-electron chi connectivity index (χ4n) is 4.27. The molecule has 2 aliphatic carbocycles. The lowest BCUT2D eigenvalue weighted by Crippen LogP contribution is -2.34. The van der Waals surface area contributed by atoms with E-state index in [1.165, 1.54) is 19.8 Å². The van der Waals surface area contributed by atoms with Gasteiger partial charge in [-0.25, -0.2) is 9.59 Å². The van der Waals surface area contributed by atoms with Crippen molar-refractivity contribution in [1.82, 2.24) is 0 Å². The molecule has 142 valence electrons. The first-order valence-corrected chi connectivity index (χ1v) is 9.23. The molecule has 2 bridgehead atoms. The van der Waals surface area contributed by atoms with Gasteiger partial charge in [-0.15, -0.1) is 0 Å². The molecule has 1 unspecified atom stereocenters. The first kappa shape index (κ1) is 21.5. The highest BCUT2D eigenvalue weighted by Gasteiger charge is 2.62. The quantitative estimate of drug-likeness (QED) is 0.416. The molecule has 0 amide bonds. The van der Waals surface area contributed by atoms with Gasteiger partial charge < -0.3 is 9.84 Å². The number of fused-ring (bicyclic) bond motifs is 2. The summed E-state index contributed by atoms with van der Waals surface area (Å²) in [5.74, 6) is -0.0453. The summed E-state index contributed by atoms with van der Waals surface area (Å²) in [4.78, 5) is 21.7. The highest BCUT2D eigenvalue weighted by molar-refractivity contribution is 5.88. The predicted octanol–water partition coefficient (Wildman–Crippen LogP) is 5.00. The molecule has 2 fully saturated rings. The minimum Gasteiger partial charge on any atom is -0.478 e. The largest absolute Gasteiger partial charge is 0.478 e. The Kier molecular flexibility index (Phi) is 7.04. The van der Waals surface area contributed by atoms with Crippen LogP contribution in [0.15, 0.2) is 24.3 Å². The van der Waals surface area contributed by atoms with Crippen LogP contribution in [0.25, 0.3) is 0 Å². The molecule has 4 nitrogen and oxygen atoms in total. The highest BCUT2D eigenvalue weighted by atomic mass is 16.5. The van der Waals surface area contributed by atoms with Crippen LogP contribution in [-0.4, -0.2) is 23.7 Å². The van der Waals surface area contributed by atoms with Crippen LogP contribution in [-0.2, 0) is 14.3 Å². The van der Waals surface area contributed by atoms with Crippen LogP contribution in [0, 0.1) is 22.7 Å². The van der Waals surface area contributed by atoms with Gasteiger partial charge >= 0.3 is 11.9 Å². The van der Waals surface area contributed by atoms with Gasteiger partial charge in [-0.2, -0.15) is 0 Å². The second kappa shape index (κ2) is 8.20. The first-order chi connectivity index (χ1) is 11.5. The third-order valence-electron chi connectivity index (χ3n) is 6.57. The van der Waals surface area contributed by atoms with Crippen molar-refractivity contribution in [1.29, 1.82) is 0 Å². The second-order valence-electron chi connectivity index (χ2n) is 8.26. The van der Waals surface area contributed by atoms with E-state index >= 15 is 0 Å². The van der Waals surface area contributed by atoms with E-state index < -0.39 is 5.97 Å². The maximum atomic E-state index is 12.1. The summed E-state index contributed by atoms with van der Waals surface area (Å²) >= 11 is 0. The molecule has 1 N–H and O–H groups in total. The van der Waals surface area contributed by atoms with Crippen LogP contribution in [0.1, 0.15) is 66.7 Å². The van der Waals surface area contributed by atoms with Crippen LogP contribution < -0.4 is 0 Å². The van der Waals surface area contributed by atoms with Gasteiger partial charge in [-0.3, -0.25) is 0 Å².